The van der Waals surface area contributed by atoms with Gasteiger partial charge in [0.05, 0.1) is 31.5 Å². The summed E-state index contributed by atoms with van der Waals surface area (Å²) in [4.78, 5) is 41.5. The highest BCUT2D eigenvalue weighted by atomic mass is 32.2. The number of carbonyl (C=O) groups excluding carboxylic acids is 2. The van der Waals surface area contributed by atoms with Gasteiger partial charge in [-0.05, 0) is 45.5 Å². The molecule has 1 saturated heterocycles. The Hall–Kier alpha value is -5.53. The van der Waals surface area contributed by atoms with E-state index in [-0.39, 0.29) is 30.9 Å². The summed E-state index contributed by atoms with van der Waals surface area (Å²) in [6.07, 6.45) is 1.10. The van der Waals surface area contributed by atoms with Crippen molar-refractivity contribution in [2.24, 2.45) is 0 Å². The van der Waals surface area contributed by atoms with Crippen LogP contribution in [-0.2, 0) is 38.6 Å². The van der Waals surface area contributed by atoms with Crippen LogP contribution in [0, 0.1) is 0 Å². The van der Waals surface area contributed by atoms with E-state index in [0.29, 0.717) is 23.6 Å². The molecule has 4 N–H and O–H groups in total. The SMILES string of the molecule is COC(=O)C(Cc1ccccc1)NC(=O)NCc1ccccc1-c1ccc(C2OC(CSc3ncccc3C(=O)O)CC(c3ccc(CO)cc3)O2)cc1. The van der Waals surface area contributed by atoms with Crippen LogP contribution in [0.15, 0.2) is 126 Å². The number of thioether (sulfide) groups is 1. The summed E-state index contributed by atoms with van der Waals surface area (Å²) in [5, 5.41) is 25.2. The summed E-state index contributed by atoms with van der Waals surface area (Å²) in [6, 6.07) is 34.4. The molecule has 1 aromatic heterocycles. The second-order valence-corrected chi connectivity index (χ2v) is 13.7. The highest BCUT2D eigenvalue weighted by molar-refractivity contribution is 7.99. The molecule has 11 nitrogen and oxygen atoms in total. The van der Waals surface area contributed by atoms with E-state index in [1.165, 1.54) is 24.9 Å². The molecule has 1 fully saturated rings. The van der Waals surface area contributed by atoms with Crippen molar-refractivity contribution in [2.75, 3.05) is 12.9 Å². The van der Waals surface area contributed by atoms with Crippen molar-refractivity contribution >= 4 is 29.7 Å². The maximum absolute atomic E-state index is 13.0. The topological polar surface area (TPSA) is 156 Å². The van der Waals surface area contributed by atoms with Crippen LogP contribution in [0.2, 0.25) is 0 Å². The Bertz CT molecular complexity index is 2030. The number of aliphatic hydroxyl groups is 1. The largest absolute Gasteiger partial charge is 0.478 e. The number of aromatic nitrogens is 1. The molecule has 1 aliphatic rings. The first kappa shape index (κ1) is 38.2. The number of aromatic carboxylic acids is 1. The molecule has 2 amide bonds. The van der Waals surface area contributed by atoms with E-state index < -0.39 is 30.3 Å². The minimum absolute atomic E-state index is 0.0594. The van der Waals surface area contributed by atoms with E-state index in [1.807, 2.05) is 103 Å². The summed E-state index contributed by atoms with van der Waals surface area (Å²) in [7, 11) is 1.29. The van der Waals surface area contributed by atoms with Crippen molar-refractivity contribution in [3.63, 3.8) is 0 Å². The number of hydrogen-bond acceptors (Lipinski definition) is 9. The van der Waals surface area contributed by atoms with Crippen LogP contribution < -0.4 is 10.6 Å². The minimum atomic E-state index is -1.04. The second-order valence-electron chi connectivity index (χ2n) is 12.7. The van der Waals surface area contributed by atoms with E-state index in [2.05, 4.69) is 15.6 Å². The van der Waals surface area contributed by atoms with Gasteiger partial charge in [-0.1, -0.05) is 103 Å². The molecule has 54 heavy (non-hydrogen) atoms. The molecule has 4 atom stereocenters. The maximum atomic E-state index is 13.0. The second kappa shape index (κ2) is 18.5. The fraction of sp³-hybridized carbons (Fsp3) is 0.238. The number of benzene rings is 4. The molecule has 5 aromatic rings. The molecule has 0 radical (unpaired) electrons. The number of carboxylic acid groups (broad SMARTS) is 1. The van der Waals surface area contributed by atoms with Gasteiger partial charge < -0.3 is 35.1 Å². The van der Waals surface area contributed by atoms with Crippen LogP contribution in [0.5, 0.6) is 0 Å². The van der Waals surface area contributed by atoms with Gasteiger partial charge in [0.1, 0.15) is 11.1 Å². The van der Waals surface area contributed by atoms with Crippen LogP contribution >= 0.6 is 11.8 Å². The molecule has 4 unspecified atom stereocenters. The number of nitrogens with one attached hydrogen (secondary N) is 2. The molecule has 0 bridgehead atoms. The first-order valence-corrected chi connectivity index (χ1v) is 18.5. The van der Waals surface area contributed by atoms with Gasteiger partial charge in [-0.15, -0.1) is 11.8 Å². The maximum Gasteiger partial charge on any atom is 0.338 e. The lowest BCUT2D eigenvalue weighted by Crippen LogP contribution is -2.47. The number of hydrogen-bond donors (Lipinski definition) is 4. The van der Waals surface area contributed by atoms with Gasteiger partial charge in [0, 0.05) is 36.9 Å². The van der Waals surface area contributed by atoms with Crippen molar-refractivity contribution < 1.29 is 38.8 Å². The molecular weight excluding hydrogens is 707 g/mol. The number of aliphatic hydroxyl groups excluding tert-OH is 1. The molecule has 12 heteroatoms. The number of carboxylic acids is 1. The number of methoxy groups -OCH3 is 1. The number of esters is 1. The highest BCUT2D eigenvalue weighted by Gasteiger charge is 2.33. The van der Waals surface area contributed by atoms with Crippen molar-refractivity contribution in [2.45, 2.75) is 55.6 Å². The van der Waals surface area contributed by atoms with Gasteiger partial charge in [0.15, 0.2) is 6.29 Å². The van der Waals surface area contributed by atoms with Crippen LogP contribution in [0.1, 0.15) is 57.0 Å². The molecule has 6 rings (SSSR count). The number of rotatable bonds is 14. The third kappa shape index (κ3) is 9.91. The van der Waals surface area contributed by atoms with Gasteiger partial charge in [-0.3, -0.25) is 0 Å². The van der Waals surface area contributed by atoms with Gasteiger partial charge in [-0.2, -0.15) is 0 Å². The lowest BCUT2D eigenvalue weighted by Gasteiger charge is -2.36. The van der Waals surface area contributed by atoms with Crippen molar-refractivity contribution in [1.82, 2.24) is 15.6 Å². The summed E-state index contributed by atoms with van der Waals surface area (Å²) in [5.41, 5.74) is 6.30. The van der Waals surface area contributed by atoms with Gasteiger partial charge >= 0.3 is 18.0 Å². The Labute approximate surface area is 317 Å². The molecule has 4 aromatic carbocycles. The Morgan fingerprint density at radius 3 is 2.31 bits per heavy atom. The van der Waals surface area contributed by atoms with E-state index in [0.717, 1.165) is 38.9 Å². The summed E-state index contributed by atoms with van der Waals surface area (Å²) in [6.45, 7) is 0.157. The number of nitrogens with zero attached hydrogens (tertiary/aromatic N) is 1. The average molecular weight is 748 g/mol. The zero-order valence-corrected chi connectivity index (χ0v) is 30.4. The predicted molar refractivity (Wildman–Crippen MR) is 204 cm³/mol. The van der Waals surface area contributed by atoms with E-state index >= 15 is 0 Å². The Morgan fingerprint density at radius 1 is 0.870 bits per heavy atom. The summed E-state index contributed by atoms with van der Waals surface area (Å²) in [5.74, 6) is -1.11. The average Bonchev–Trinajstić information content (AvgIpc) is 3.22. The monoisotopic (exact) mass is 747 g/mol. The quantitative estimate of drug-likeness (QED) is 0.0699. The zero-order valence-electron chi connectivity index (χ0n) is 29.6. The van der Waals surface area contributed by atoms with Crippen LogP contribution in [0.3, 0.4) is 0 Å². The molecular formula is C42H41N3O8S. The third-order valence-corrected chi connectivity index (χ3v) is 10.2. The predicted octanol–water partition coefficient (Wildman–Crippen LogP) is 6.86. The number of carbonyl (C=O) groups is 3. The Kier molecular flexibility index (Phi) is 13.1. The van der Waals surface area contributed by atoms with Gasteiger partial charge in [0.2, 0.25) is 0 Å². The van der Waals surface area contributed by atoms with Crippen LogP contribution in [0.25, 0.3) is 11.1 Å². The van der Waals surface area contributed by atoms with Crippen LogP contribution in [0.4, 0.5) is 4.79 Å². The summed E-state index contributed by atoms with van der Waals surface area (Å²) >= 11 is 1.33. The molecule has 0 spiro atoms. The lowest BCUT2D eigenvalue weighted by molar-refractivity contribution is -0.245. The molecule has 278 valence electrons. The van der Waals surface area contributed by atoms with Gasteiger partial charge in [-0.25, -0.2) is 19.4 Å². The van der Waals surface area contributed by atoms with Crippen molar-refractivity contribution in [1.29, 1.82) is 0 Å². The molecule has 0 saturated carbocycles. The number of ether oxygens (including phenoxy) is 3. The number of pyridine rings is 1. The fourth-order valence-corrected chi connectivity index (χ4v) is 7.21. The first-order valence-electron chi connectivity index (χ1n) is 17.5. The molecule has 2 heterocycles. The van der Waals surface area contributed by atoms with E-state index in [9.17, 15) is 24.6 Å². The van der Waals surface area contributed by atoms with Crippen molar-refractivity contribution in [3.8, 4) is 11.1 Å². The van der Waals surface area contributed by atoms with E-state index in [1.54, 1.807) is 12.3 Å². The van der Waals surface area contributed by atoms with E-state index in [4.69, 9.17) is 14.2 Å². The molecule has 1 aliphatic heterocycles. The number of urea groups is 1. The third-order valence-electron chi connectivity index (χ3n) is 9.05. The standard InChI is InChI=1S/C42H41N3O8S/c1-51-40(49)36(22-27-8-3-2-4-9-27)45-42(50)44-24-32-10-5-6-11-34(32)29-17-19-31(20-18-29)41-52-33(26-54-38-35(39(47)48)12-7-21-43-38)23-37(53-41)30-15-13-28(25-46)14-16-30/h2-21,33,36-37,41,46H,22-26H2,1H3,(H,47,48)(H2,44,45,50). The fourth-order valence-electron chi connectivity index (χ4n) is 6.21. The van der Waals surface area contributed by atoms with Gasteiger partial charge in [0.25, 0.3) is 0 Å². The van der Waals surface area contributed by atoms with Crippen molar-refractivity contribution in [3.05, 3.63) is 155 Å². The Morgan fingerprint density at radius 2 is 1.59 bits per heavy atom. The normalized spacial score (nSPS) is 17.3. The zero-order chi connectivity index (χ0) is 37.9. The number of amides is 2. The lowest BCUT2D eigenvalue weighted by atomic mass is 9.98. The smallest absolute Gasteiger partial charge is 0.338 e. The molecule has 0 aliphatic carbocycles. The Balaban J connectivity index is 1.15. The first-order chi connectivity index (χ1) is 26.3. The minimum Gasteiger partial charge on any atom is -0.478 e. The summed E-state index contributed by atoms with van der Waals surface area (Å²) < 4.78 is 17.9. The highest BCUT2D eigenvalue weighted by Crippen LogP contribution is 2.40. The van der Waals surface area contributed by atoms with Crippen LogP contribution in [-0.4, -0.2) is 58.2 Å².